The second kappa shape index (κ2) is 6.62. The second-order valence-electron chi connectivity index (χ2n) is 4.51. The van der Waals surface area contributed by atoms with Crippen molar-refractivity contribution in [3.63, 3.8) is 0 Å². The molecule has 1 aromatic carbocycles. The molecule has 3 heteroatoms. The predicted octanol–water partition coefficient (Wildman–Crippen LogP) is 4.29. The minimum absolute atomic E-state index is 0.909. The number of nitrogens with one attached hydrogen (secondary N) is 1. The maximum absolute atomic E-state index is 4.46. The lowest BCUT2D eigenvalue weighted by Crippen LogP contribution is -1.96. The van der Waals surface area contributed by atoms with Crippen molar-refractivity contribution >= 4 is 17.4 Å². The van der Waals surface area contributed by atoms with Crippen LogP contribution in [-0.2, 0) is 12.2 Å². The topological polar surface area (TPSA) is 24.9 Å². The number of rotatable bonds is 5. The second-order valence-corrected chi connectivity index (χ2v) is 5.50. The largest absolute Gasteiger partial charge is 0.387 e. The van der Waals surface area contributed by atoms with Crippen LogP contribution in [0.4, 0.5) is 5.69 Å². The van der Waals surface area contributed by atoms with E-state index in [4.69, 9.17) is 0 Å². The van der Waals surface area contributed by atoms with Gasteiger partial charge in [-0.3, -0.25) is 4.98 Å². The Morgan fingerprint density at radius 2 is 2.05 bits per heavy atom. The van der Waals surface area contributed by atoms with Crippen LogP contribution in [0.25, 0.3) is 0 Å². The molecule has 0 aliphatic rings. The molecule has 19 heavy (non-hydrogen) atoms. The van der Waals surface area contributed by atoms with E-state index < -0.39 is 0 Å². The number of nitrogens with zero attached hydrogens (tertiary/aromatic N) is 1. The van der Waals surface area contributed by atoms with Crippen LogP contribution in [0.1, 0.15) is 23.7 Å². The van der Waals surface area contributed by atoms with Crippen LogP contribution >= 0.6 is 11.8 Å². The van der Waals surface area contributed by atoms with Crippen molar-refractivity contribution in [2.75, 3.05) is 12.4 Å². The minimum Gasteiger partial charge on any atom is -0.387 e. The van der Waals surface area contributed by atoms with Crippen molar-refractivity contribution in [2.45, 2.75) is 30.9 Å². The first-order valence-corrected chi connectivity index (χ1v) is 7.57. The zero-order chi connectivity index (χ0) is 13.7. The van der Waals surface area contributed by atoms with Crippen molar-refractivity contribution < 1.29 is 0 Å². The van der Waals surface area contributed by atoms with Crippen LogP contribution in [-0.4, -0.2) is 12.0 Å². The molecular formula is C16H20N2S. The molecule has 2 nitrogen and oxygen atoms in total. The molecule has 1 aromatic heterocycles. The van der Waals surface area contributed by atoms with Crippen molar-refractivity contribution in [3.05, 3.63) is 53.3 Å². The molecule has 1 N–H and O–H groups in total. The lowest BCUT2D eigenvalue weighted by atomic mass is 10.1. The first-order chi connectivity index (χ1) is 9.24. The molecule has 0 spiro atoms. The molecular weight excluding hydrogens is 252 g/mol. The van der Waals surface area contributed by atoms with Crippen molar-refractivity contribution in [1.82, 2.24) is 4.98 Å². The third kappa shape index (κ3) is 3.51. The fourth-order valence-electron chi connectivity index (χ4n) is 1.96. The highest BCUT2D eigenvalue weighted by atomic mass is 32.2. The third-order valence-electron chi connectivity index (χ3n) is 3.08. The van der Waals surface area contributed by atoms with Gasteiger partial charge in [0.05, 0.1) is 5.69 Å². The van der Waals surface area contributed by atoms with Crippen LogP contribution in [0.2, 0.25) is 0 Å². The van der Waals surface area contributed by atoms with Gasteiger partial charge in [0.15, 0.2) is 0 Å². The van der Waals surface area contributed by atoms with Crippen LogP contribution in [0, 0.1) is 6.92 Å². The summed E-state index contributed by atoms with van der Waals surface area (Å²) in [6.45, 7) is 4.26. The maximum atomic E-state index is 4.46. The van der Waals surface area contributed by atoms with E-state index in [9.17, 15) is 0 Å². The Kier molecular flexibility index (Phi) is 4.86. The lowest BCUT2D eigenvalue weighted by Gasteiger charge is -2.13. The first-order valence-electron chi connectivity index (χ1n) is 6.58. The molecule has 0 bridgehead atoms. The molecule has 0 amide bonds. The van der Waals surface area contributed by atoms with Crippen LogP contribution < -0.4 is 5.32 Å². The molecule has 0 aliphatic heterocycles. The highest BCUT2D eigenvalue weighted by molar-refractivity contribution is 7.98. The number of thioether (sulfide) groups is 1. The monoisotopic (exact) mass is 272 g/mol. The van der Waals surface area contributed by atoms with Gasteiger partial charge in [-0.1, -0.05) is 25.1 Å². The highest BCUT2D eigenvalue weighted by Crippen LogP contribution is 2.33. The maximum Gasteiger partial charge on any atom is 0.0506 e. The smallest absolute Gasteiger partial charge is 0.0506 e. The number of pyridine rings is 1. The Morgan fingerprint density at radius 1 is 1.21 bits per heavy atom. The van der Waals surface area contributed by atoms with E-state index in [0.717, 1.165) is 17.9 Å². The van der Waals surface area contributed by atoms with E-state index in [1.807, 2.05) is 25.0 Å². The summed E-state index contributed by atoms with van der Waals surface area (Å²) >= 11 is 1.86. The standard InChI is InChI=1S/C16H20N2S/c1-4-13-6-5-7-15(17-3)16(13)19-11-14-9-8-12(2)10-18-14/h5-10,17H,4,11H2,1-3H3. The van der Waals surface area contributed by atoms with Crippen molar-refractivity contribution in [2.24, 2.45) is 0 Å². The average Bonchev–Trinajstić information content (AvgIpc) is 2.46. The molecule has 0 radical (unpaired) electrons. The summed E-state index contributed by atoms with van der Waals surface area (Å²) in [6.07, 6.45) is 2.99. The molecule has 0 unspecified atom stereocenters. The Hall–Kier alpha value is -1.48. The zero-order valence-corrected chi connectivity index (χ0v) is 12.6. The van der Waals surface area contributed by atoms with E-state index in [-0.39, 0.29) is 0 Å². The summed E-state index contributed by atoms with van der Waals surface area (Å²) in [6, 6.07) is 10.7. The van der Waals surface area contributed by atoms with E-state index in [1.54, 1.807) is 0 Å². The van der Waals surface area contributed by atoms with Crippen LogP contribution in [0.15, 0.2) is 41.4 Å². The number of aryl methyl sites for hydroxylation is 2. The number of benzene rings is 1. The Labute approximate surface area is 119 Å². The summed E-state index contributed by atoms with van der Waals surface area (Å²) < 4.78 is 0. The zero-order valence-electron chi connectivity index (χ0n) is 11.7. The molecule has 1 heterocycles. The summed E-state index contributed by atoms with van der Waals surface area (Å²) in [7, 11) is 1.98. The molecule has 0 saturated carbocycles. The van der Waals surface area contributed by atoms with Gasteiger partial charge in [-0.2, -0.15) is 0 Å². The van der Waals surface area contributed by atoms with Gasteiger partial charge < -0.3 is 5.32 Å². The van der Waals surface area contributed by atoms with Crippen molar-refractivity contribution in [3.8, 4) is 0 Å². The molecule has 0 fully saturated rings. The van der Waals surface area contributed by atoms with Gasteiger partial charge >= 0.3 is 0 Å². The highest BCUT2D eigenvalue weighted by Gasteiger charge is 2.07. The molecule has 100 valence electrons. The fraction of sp³-hybridized carbons (Fsp3) is 0.312. The van der Waals surface area contributed by atoms with E-state index >= 15 is 0 Å². The summed E-state index contributed by atoms with van der Waals surface area (Å²) in [5.74, 6) is 0.909. The van der Waals surface area contributed by atoms with E-state index in [0.29, 0.717) is 0 Å². The molecule has 0 aliphatic carbocycles. The SMILES string of the molecule is CCc1cccc(NC)c1SCc1ccc(C)cn1. The Morgan fingerprint density at radius 3 is 2.68 bits per heavy atom. The van der Waals surface area contributed by atoms with Gasteiger partial charge in [0, 0.05) is 29.6 Å². The fourth-order valence-corrected chi connectivity index (χ4v) is 3.15. The third-order valence-corrected chi connectivity index (χ3v) is 4.29. The Bertz CT molecular complexity index is 513. The van der Waals surface area contributed by atoms with Crippen molar-refractivity contribution in [1.29, 1.82) is 0 Å². The lowest BCUT2D eigenvalue weighted by molar-refractivity contribution is 1.08. The number of hydrogen-bond donors (Lipinski definition) is 1. The van der Waals surface area contributed by atoms with Gasteiger partial charge in [-0.15, -0.1) is 11.8 Å². The first kappa shape index (κ1) is 13.9. The number of anilines is 1. The van der Waals surface area contributed by atoms with E-state index in [2.05, 4.69) is 54.5 Å². The number of aromatic nitrogens is 1. The minimum atomic E-state index is 0.909. The number of hydrogen-bond acceptors (Lipinski definition) is 3. The quantitative estimate of drug-likeness (QED) is 0.822. The molecule has 2 rings (SSSR count). The van der Waals surface area contributed by atoms with Gasteiger partial charge in [0.1, 0.15) is 0 Å². The van der Waals surface area contributed by atoms with Crippen LogP contribution in [0.3, 0.4) is 0 Å². The molecule has 0 saturated heterocycles. The summed E-state index contributed by atoms with van der Waals surface area (Å²) in [4.78, 5) is 5.81. The summed E-state index contributed by atoms with van der Waals surface area (Å²) in [5.41, 5.74) is 4.93. The van der Waals surface area contributed by atoms with Gasteiger partial charge in [0.25, 0.3) is 0 Å². The van der Waals surface area contributed by atoms with Gasteiger partial charge in [0.2, 0.25) is 0 Å². The average molecular weight is 272 g/mol. The molecule has 0 atom stereocenters. The Balaban J connectivity index is 2.16. The molecule has 2 aromatic rings. The van der Waals surface area contributed by atoms with E-state index in [1.165, 1.54) is 21.7 Å². The summed E-state index contributed by atoms with van der Waals surface area (Å²) in [5, 5.41) is 3.27. The normalized spacial score (nSPS) is 10.5. The van der Waals surface area contributed by atoms with Crippen LogP contribution in [0.5, 0.6) is 0 Å². The predicted molar refractivity (Wildman–Crippen MR) is 83.9 cm³/mol. The van der Waals surface area contributed by atoms with Gasteiger partial charge in [-0.05, 0) is 36.6 Å². The van der Waals surface area contributed by atoms with Gasteiger partial charge in [-0.25, -0.2) is 0 Å².